The second-order valence-electron chi connectivity index (χ2n) is 5.10. The van der Waals surface area contributed by atoms with Crippen LogP contribution in [0.4, 0.5) is 0 Å². The number of benzene rings is 2. The molecule has 0 aromatic heterocycles. The minimum absolute atomic E-state index is 0.0157. The molecule has 0 saturated heterocycles. The third kappa shape index (κ3) is 4.85. The minimum Gasteiger partial charge on any atom is -0.481 e. The smallest absolute Gasteiger partial charge is 0.303 e. The molecule has 120 valence electrons. The highest BCUT2D eigenvalue weighted by Gasteiger charge is 2.20. The number of thioether (sulfide) groups is 1. The molecule has 1 atom stereocenters. The number of carbonyl (C=O) groups is 2. The van der Waals surface area contributed by atoms with Crippen molar-refractivity contribution >= 4 is 34.4 Å². The first-order chi connectivity index (χ1) is 11.0. The molecule has 3 nitrogen and oxygen atoms in total. The number of hydrogen-bond donors (Lipinski definition) is 1. The molecular weight excluding hydrogens is 332 g/mol. The van der Waals surface area contributed by atoms with Crippen LogP contribution in [0, 0.1) is 0 Å². The second-order valence-corrected chi connectivity index (χ2v) is 6.88. The van der Waals surface area contributed by atoms with E-state index in [0.717, 1.165) is 28.5 Å². The van der Waals surface area contributed by atoms with E-state index in [-0.39, 0.29) is 16.8 Å². The molecule has 5 heteroatoms. The zero-order valence-electron chi connectivity index (χ0n) is 12.7. The van der Waals surface area contributed by atoms with Crippen molar-refractivity contribution in [3.63, 3.8) is 0 Å². The normalized spacial score (nSPS) is 11.9. The monoisotopic (exact) mass is 348 g/mol. The van der Waals surface area contributed by atoms with Crippen LogP contribution in [0.3, 0.4) is 0 Å². The molecule has 0 spiro atoms. The molecule has 0 aliphatic rings. The van der Waals surface area contributed by atoms with Crippen molar-refractivity contribution in [2.45, 2.75) is 25.0 Å². The van der Waals surface area contributed by atoms with Crippen LogP contribution < -0.4 is 0 Å². The van der Waals surface area contributed by atoms with Crippen LogP contribution in [0.25, 0.3) is 11.1 Å². The summed E-state index contributed by atoms with van der Waals surface area (Å²) >= 11 is 7.46. The summed E-state index contributed by atoms with van der Waals surface area (Å²) in [6.07, 6.45) is 0.406. The zero-order chi connectivity index (χ0) is 16.8. The van der Waals surface area contributed by atoms with Gasteiger partial charge in [-0.1, -0.05) is 65.8 Å². The summed E-state index contributed by atoms with van der Waals surface area (Å²) in [5.41, 5.74) is 2.75. The zero-order valence-corrected chi connectivity index (χ0v) is 14.2. The number of rotatable bonds is 6. The van der Waals surface area contributed by atoms with E-state index < -0.39 is 5.97 Å². The number of aliphatic carboxylic acids is 1. The number of hydrogen-bond acceptors (Lipinski definition) is 3. The molecule has 0 aliphatic heterocycles. The van der Waals surface area contributed by atoms with Crippen molar-refractivity contribution in [2.75, 3.05) is 0 Å². The van der Waals surface area contributed by atoms with Gasteiger partial charge >= 0.3 is 5.97 Å². The van der Waals surface area contributed by atoms with E-state index in [9.17, 15) is 9.59 Å². The predicted octanol–water partition coefficient (Wildman–Crippen LogP) is 5.19. The van der Waals surface area contributed by atoms with Crippen molar-refractivity contribution < 1.29 is 14.7 Å². The van der Waals surface area contributed by atoms with Gasteiger partial charge < -0.3 is 5.11 Å². The Balaban J connectivity index is 2.45. The fourth-order valence-electron chi connectivity index (χ4n) is 2.44. The SMILES string of the molecule is CC(=O)SC(CCC(=O)O)c1ccccc1-c1ccccc1Cl. The third-order valence-electron chi connectivity index (χ3n) is 3.40. The average molecular weight is 349 g/mol. The molecule has 0 aliphatic carbocycles. The topological polar surface area (TPSA) is 54.4 Å². The lowest BCUT2D eigenvalue weighted by Gasteiger charge is -2.19. The van der Waals surface area contributed by atoms with Crippen molar-refractivity contribution in [3.8, 4) is 11.1 Å². The maximum absolute atomic E-state index is 11.6. The lowest BCUT2D eigenvalue weighted by Crippen LogP contribution is -2.04. The van der Waals surface area contributed by atoms with Gasteiger partial charge in [0.2, 0.25) is 0 Å². The van der Waals surface area contributed by atoms with Crippen LogP contribution in [0.1, 0.15) is 30.6 Å². The van der Waals surface area contributed by atoms with Gasteiger partial charge in [0.25, 0.3) is 0 Å². The highest BCUT2D eigenvalue weighted by atomic mass is 35.5. The van der Waals surface area contributed by atoms with Crippen molar-refractivity contribution in [1.29, 1.82) is 0 Å². The van der Waals surface area contributed by atoms with Crippen LogP contribution >= 0.6 is 23.4 Å². The van der Waals surface area contributed by atoms with Crippen molar-refractivity contribution in [2.24, 2.45) is 0 Å². The summed E-state index contributed by atoms with van der Waals surface area (Å²) in [6.45, 7) is 1.50. The van der Waals surface area contributed by atoms with E-state index in [1.54, 1.807) is 0 Å². The van der Waals surface area contributed by atoms with Gasteiger partial charge in [-0.25, -0.2) is 0 Å². The molecule has 23 heavy (non-hydrogen) atoms. The number of halogens is 1. The Bertz CT molecular complexity index is 715. The lowest BCUT2D eigenvalue weighted by molar-refractivity contribution is -0.137. The van der Waals surface area contributed by atoms with Gasteiger partial charge in [0, 0.05) is 29.2 Å². The maximum Gasteiger partial charge on any atom is 0.303 e. The summed E-state index contributed by atoms with van der Waals surface area (Å²) in [5.74, 6) is -0.866. The molecule has 0 radical (unpaired) electrons. The minimum atomic E-state index is -0.866. The molecule has 0 heterocycles. The van der Waals surface area contributed by atoms with Gasteiger partial charge in [-0.05, 0) is 23.6 Å². The van der Waals surface area contributed by atoms with Crippen molar-refractivity contribution in [3.05, 3.63) is 59.1 Å². The van der Waals surface area contributed by atoms with Crippen LogP contribution in [0.5, 0.6) is 0 Å². The van der Waals surface area contributed by atoms with Gasteiger partial charge in [-0.2, -0.15) is 0 Å². The molecule has 2 aromatic carbocycles. The summed E-state index contributed by atoms with van der Waals surface area (Å²) in [6, 6.07) is 15.2. The van der Waals surface area contributed by atoms with Crippen LogP contribution in [0.2, 0.25) is 5.02 Å². The summed E-state index contributed by atoms with van der Waals surface area (Å²) in [7, 11) is 0. The standard InChI is InChI=1S/C18H17ClO3S/c1-12(20)23-17(10-11-18(21)22)15-8-3-2-6-13(15)14-7-4-5-9-16(14)19/h2-9,17H,10-11H2,1H3,(H,21,22). The first-order valence-electron chi connectivity index (χ1n) is 7.22. The van der Waals surface area contributed by atoms with E-state index in [1.807, 2.05) is 48.5 Å². The molecule has 0 bridgehead atoms. The summed E-state index contributed by atoms with van der Waals surface area (Å²) < 4.78 is 0. The Labute approximate surface area is 144 Å². The van der Waals surface area contributed by atoms with E-state index >= 15 is 0 Å². The Morgan fingerprint density at radius 3 is 2.30 bits per heavy atom. The van der Waals surface area contributed by atoms with E-state index in [1.165, 1.54) is 6.92 Å². The molecule has 2 rings (SSSR count). The summed E-state index contributed by atoms with van der Waals surface area (Å²) in [5, 5.41) is 9.34. The molecule has 0 fully saturated rings. The van der Waals surface area contributed by atoms with Crippen molar-refractivity contribution in [1.82, 2.24) is 0 Å². The van der Waals surface area contributed by atoms with Gasteiger partial charge in [-0.3, -0.25) is 9.59 Å². The largest absolute Gasteiger partial charge is 0.481 e. The average Bonchev–Trinajstić information content (AvgIpc) is 2.51. The van der Waals surface area contributed by atoms with E-state index in [0.29, 0.717) is 11.4 Å². The molecule has 0 saturated carbocycles. The lowest BCUT2D eigenvalue weighted by atomic mass is 9.96. The van der Waals surface area contributed by atoms with Crippen LogP contribution in [0.15, 0.2) is 48.5 Å². The number of carbonyl (C=O) groups excluding carboxylic acids is 1. The quantitative estimate of drug-likeness (QED) is 0.780. The fraction of sp³-hybridized carbons (Fsp3) is 0.222. The molecule has 1 unspecified atom stereocenters. The number of carboxylic acids is 1. The highest BCUT2D eigenvalue weighted by Crippen LogP contribution is 2.40. The van der Waals surface area contributed by atoms with Gasteiger partial charge in [0.05, 0.1) is 0 Å². The first kappa shape index (κ1) is 17.6. The van der Waals surface area contributed by atoms with Gasteiger partial charge in [0.15, 0.2) is 5.12 Å². The maximum atomic E-state index is 11.6. The van der Waals surface area contributed by atoms with E-state index in [2.05, 4.69) is 0 Å². The molecular formula is C18H17ClO3S. The second kappa shape index (κ2) is 8.18. The Morgan fingerprint density at radius 1 is 1.09 bits per heavy atom. The van der Waals surface area contributed by atoms with Crippen LogP contribution in [-0.4, -0.2) is 16.2 Å². The third-order valence-corrected chi connectivity index (χ3v) is 4.84. The Morgan fingerprint density at radius 2 is 1.70 bits per heavy atom. The Hall–Kier alpha value is -1.78. The van der Waals surface area contributed by atoms with Crippen LogP contribution in [-0.2, 0) is 9.59 Å². The van der Waals surface area contributed by atoms with E-state index in [4.69, 9.17) is 16.7 Å². The highest BCUT2D eigenvalue weighted by molar-refractivity contribution is 8.13. The fourth-order valence-corrected chi connectivity index (χ4v) is 3.64. The molecule has 0 amide bonds. The Kier molecular flexibility index (Phi) is 6.25. The van der Waals surface area contributed by atoms with Gasteiger partial charge in [-0.15, -0.1) is 0 Å². The molecule has 1 N–H and O–H groups in total. The number of carboxylic acid groups (broad SMARTS) is 1. The van der Waals surface area contributed by atoms with Gasteiger partial charge in [0.1, 0.15) is 0 Å². The summed E-state index contributed by atoms with van der Waals surface area (Å²) in [4.78, 5) is 22.5. The first-order valence-corrected chi connectivity index (χ1v) is 8.47. The predicted molar refractivity (Wildman–Crippen MR) is 94.8 cm³/mol. The molecule has 2 aromatic rings.